The molecule has 0 aliphatic heterocycles. The number of benzene rings is 1. The number of nitrogens with one attached hydrogen (secondary N) is 1. The first-order valence-corrected chi connectivity index (χ1v) is 8.02. The fourth-order valence-electron chi connectivity index (χ4n) is 3.20. The van der Waals surface area contributed by atoms with Crippen LogP contribution in [0.1, 0.15) is 52.4 Å². The normalized spacial score (nSPS) is 20.4. The van der Waals surface area contributed by atoms with Crippen molar-refractivity contribution in [3.05, 3.63) is 69.1 Å². The van der Waals surface area contributed by atoms with Gasteiger partial charge in [-0.05, 0) is 50.8 Å². The molecular formula is C19H21NO3. The second-order valence-electron chi connectivity index (χ2n) is 6.28. The van der Waals surface area contributed by atoms with Crippen LogP contribution in [0.5, 0.6) is 0 Å². The molecule has 1 aliphatic carbocycles. The van der Waals surface area contributed by atoms with Crippen LogP contribution in [0.3, 0.4) is 0 Å². The summed E-state index contributed by atoms with van der Waals surface area (Å²) >= 11 is 0. The highest BCUT2D eigenvalue weighted by molar-refractivity contribution is 5.89. The third-order valence-corrected chi connectivity index (χ3v) is 4.49. The maximum atomic E-state index is 12.3. The predicted molar refractivity (Wildman–Crippen MR) is 88.8 cm³/mol. The van der Waals surface area contributed by atoms with Gasteiger partial charge in [-0.3, -0.25) is 4.79 Å². The van der Waals surface area contributed by atoms with Crippen LogP contribution in [0.25, 0.3) is 0 Å². The van der Waals surface area contributed by atoms with Crippen LogP contribution in [0.15, 0.2) is 41.2 Å². The molecule has 1 aromatic heterocycles. The molecule has 0 spiro atoms. The first kappa shape index (κ1) is 15.5. The van der Waals surface area contributed by atoms with E-state index < -0.39 is 5.97 Å². The van der Waals surface area contributed by atoms with Crippen molar-refractivity contribution < 1.29 is 9.53 Å². The van der Waals surface area contributed by atoms with Crippen LogP contribution in [-0.2, 0) is 4.74 Å². The molecule has 1 aromatic carbocycles. The molecule has 1 N–H and O–H groups in total. The maximum Gasteiger partial charge on any atom is 0.344 e. The van der Waals surface area contributed by atoms with Gasteiger partial charge in [0.1, 0.15) is 11.7 Å². The lowest BCUT2D eigenvalue weighted by Gasteiger charge is -2.20. The molecule has 120 valence electrons. The highest BCUT2D eigenvalue weighted by Crippen LogP contribution is 2.37. The van der Waals surface area contributed by atoms with E-state index in [2.05, 4.69) is 36.2 Å². The van der Waals surface area contributed by atoms with Crippen molar-refractivity contribution in [3.8, 4) is 0 Å². The molecule has 0 unspecified atom stereocenters. The van der Waals surface area contributed by atoms with Gasteiger partial charge in [-0.25, -0.2) is 4.79 Å². The summed E-state index contributed by atoms with van der Waals surface area (Å²) in [7, 11) is 0. The molecule has 1 aliphatic rings. The number of hydrogen-bond acceptors (Lipinski definition) is 3. The summed E-state index contributed by atoms with van der Waals surface area (Å²) in [6, 6.07) is 11.6. The number of aromatic nitrogens is 1. The molecule has 2 atom stereocenters. The van der Waals surface area contributed by atoms with E-state index in [1.54, 1.807) is 13.0 Å². The Morgan fingerprint density at radius 2 is 1.83 bits per heavy atom. The Morgan fingerprint density at radius 3 is 2.52 bits per heavy atom. The standard InChI is InChI=1S/C19H21NO3/c1-12-6-9-14(10-7-12)15-4-3-5-17(15)23-19(22)16-11-8-13(2)20-18(16)21/h6-11,15,17H,3-5H2,1-2H3,(H,20,21)/t15-,17+/m0/s1. The quantitative estimate of drug-likeness (QED) is 0.883. The number of rotatable bonds is 3. The zero-order valence-corrected chi connectivity index (χ0v) is 13.5. The average Bonchev–Trinajstić information content (AvgIpc) is 2.96. The molecule has 0 bridgehead atoms. The molecule has 3 rings (SSSR count). The van der Waals surface area contributed by atoms with Crippen LogP contribution in [0.2, 0.25) is 0 Å². The fraction of sp³-hybridized carbons (Fsp3) is 0.368. The summed E-state index contributed by atoms with van der Waals surface area (Å²) in [4.78, 5) is 26.8. The van der Waals surface area contributed by atoms with Crippen LogP contribution < -0.4 is 5.56 Å². The molecule has 2 aromatic rings. The van der Waals surface area contributed by atoms with E-state index >= 15 is 0 Å². The molecule has 0 amide bonds. The SMILES string of the molecule is Cc1ccc([C@@H]2CCC[C@H]2OC(=O)c2ccc(C)[nH]c2=O)cc1. The largest absolute Gasteiger partial charge is 0.458 e. The zero-order chi connectivity index (χ0) is 16.4. The zero-order valence-electron chi connectivity index (χ0n) is 13.5. The van der Waals surface area contributed by atoms with E-state index in [0.29, 0.717) is 0 Å². The van der Waals surface area contributed by atoms with E-state index in [1.165, 1.54) is 17.2 Å². The third-order valence-electron chi connectivity index (χ3n) is 4.49. The van der Waals surface area contributed by atoms with E-state index in [1.807, 2.05) is 0 Å². The lowest BCUT2D eigenvalue weighted by atomic mass is 9.95. The van der Waals surface area contributed by atoms with E-state index in [0.717, 1.165) is 25.0 Å². The van der Waals surface area contributed by atoms with Gasteiger partial charge in [-0.1, -0.05) is 29.8 Å². The Kier molecular flexibility index (Phi) is 4.33. The van der Waals surface area contributed by atoms with Crippen molar-refractivity contribution in [2.75, 3.05) is 0 Å². The first-order valence-electron chi connectivity index (χ1n) is 8.02. The molecule has 4 heteroatoms. The lowest BCUT2D eigenvalue weighted by molar-refractivity contribution is 0.0277. The summed E-state index contributed by atoms with van der Waals surface area (Å²) in [6.45, 7) is 3.83. The van der Waals surface area contributed by atoms with E-state index in [4.69, 9.17) is 4.74 Å². The van der Waals surface area contributed by atoms with Crippen molar-refractivity contribution in [2.45, 2.75) is 45.1 Å². The highest BCUT2D eigenvalue weighted by atomic mass is 16.5. The van der Waals surface area contributed by atoms with Crippen LogP contribution in [-0.4, -0.2) is 17.1 Å². The average molecular weight is 311 g/mol. The number of hydrogen-bond donors (Lipinski definition) is 1. The van der Waals surface area contributed by atoms with Crippen molar-refractivity contribution in [2.24, 2.45) is 0 Å². The number of carbonyl (C=O) groups is 1. The van der Waals surface area contributed by atoms with Gasteiger partial charge < -0.3 is 9.72 Å². The number of aryl methyl sites for hydroxylation is 2. The second-order valence-corrected chi connectivity index (χ2v) is 6.28. The Balaban J connectivity index is 1.77. The minimum atomic E-state index is -0.532. The monoisotopic (exact) mass is 311 g/mol. The van der Waals surface area contributed by atoms with Gasteiger partial charge in [0.05, 0.1) is 0 Å². The van der Waals surface area contributed by atoms with Crippen LogP contribution in [0.4, 0.5) is 0 Å². The molecule has 1 fully saturated rings. The number of ether oxygens (including phenoxy) is 1. The van der Waals surface area contributed by atoms with Crippen molar-refractivity contribution in [3.63, 3.8) is 0 Å². The molecule has 1 heterocycles. The Labute approximate surface area is 135 Å². The smallest absolute Gasteiger partial charge is 0.344 e. The van der Waals surface area contributed by atoms with Gasteiger partial charge in [-0.2, -0.15) is 0 Å². The Bertz CT molecular complexity index is 761. The molecule has 0 saturated heterocycles. The van der Waals surface area contributed by atoms with Gasteiger partial charge in [0, 0.05) is 11.6 Å². The summed E-state index contributed by atoms with van der Waals surface area (Å²) in [5, 5.41) is 0. The summed E-state index contributed by atoms with van der Waals surface area (Å²) < 4.78 is 5.66. The second kappa shape index (κ2) is 6.41. The highest BCUT2D eigenvalue weighted by Gasteiger charge is 2.32. The van der Waals surface area contributed by atoms with Gasteiger partial charge in [0.25, 0.3) is 5.56 Å². The summed E-state index contributed by atoms with van der Waals surface area (Å²) in [6.07, 6.45) is 2.71. The predicted octanol–water partition coefficient (Wildman–Crippen LogP) is 3.48. The van der Waals surface area contributed by atoms with Crippen LogP contribution >= 0.6 is 0 Å². The lowest BCUT2D eigenvalue weighted by Crippen LogP contribution is -2.26. The molecule has 0 radical (unpaired) electrons. The molecular weight excluding hydrogens is 290 g/mol. The van der Waals surface area contributed by atoms with Crippen molar-refractivity contribution in [1.82, 2.24) is 4.98 Å². The van der Waals surface area contributed by atoms with Crippen LogP contribution in [0, 0.1) is 13.8 Å². The van der Waals surface area contributed by atoms with Gasteiger partial charge in [0.15, 0.2) is 0 Å². The fourth-order valence-corrected chi connectivity index (χ4v) is 3.20. The molecule has 4 nitrogen and oxygen atoms in total. The van der Waals surface area contributed by atoms with Crippen molar-refractivity contribution >= 4 is 5.97 Å². The molecule has 1 saturated carbocycles. The Morgan fingerprint density at radius 1 is 1.09 bits per heavy atom. The third kappa shape index (κ3) is 3.36. The van der Waals surface area contributed by atoms with E-state index in [-0.39, 0.29) is 23.1 Å². The van der Waals surface area contributed by atoms with Gasteiger partial charge in [0.2, 0.25) is 0 Å². The molecule has 23 heavy (non-hydrogen) atoms. The number of esters is 1. The number of H-pyrrole nitrogens is 1. The summed E-state index contributed by atoms with van der Waals surface area (Å²) in [5.74, 6) is -0.320. The first-order chi connectivity index (χ1) is 11.0. The number of carbonyl (C=O) groups excluding carboxylic acids is 1. The Hall–Kier alpha value is -2.36. The summed E-state index contributed by atoms with van der Waals surface area (Å²) in [5.41, 5.74) is 2.82. The minimum absolute atomic E-state index is 0.0742. The number of aromatic amines is 1. The minimum Gasteiger partial charge on any atom is -0.458 e. The topological polar surface area (TPSA) is 59.2 Å². The number of pyridine rings is 1. The van der Waals surface area contributed by atoms with E-state index in [9.17, 15) is 9.59 Å². The van der Waals surface area contributed by atoms with Crippen molar-refractivity contribution in [1.29, 1.82) is 0 Å². The van der Waals surface area contributed by atoms with Gasteiger partial charge in [-0.15, -0.1) is 0 Å². The maximum absolute atomic E-state index is 12.3. The van der Waals surface area contributed by atoms with Gasteiger partial charge >= 0.3 is 5.97 Å².